The third-order valence-corrected chi connectivity index (χ3v) is 2.76. The van der Waals surface area contributed by atoms with Gasteiger partial charge in [0.25, 0.3) is 0 Å². The molecule has 0 spiro atoms. The van der Waals surface area contributed by atoms with Crippen molar-refractivity contribution in [3.05, 3.63) is 29.3 Å². The zero-order valence-corrected chi connectivity index (χ0v) is 8.45. The largest absolute Gasteiger partial charge is 0.497 e. The fourth-order valence-corrected chi connectivity index (χ4v) is 1.80. The molecular weight excluding hydrogens is 178 g/mol. The fraction of sp³-hybridized carbons (Fsp3) is 0.455. The molecule has 0 saturated heterocycles. The van der Waals surface area contributed by atoms with Gasteiger partial charge >= 0.3 is 0 Å². The van der Waals surface area contributed by atoms with Gasteiger partial charge < -0.3 is 15.2 Å². The molecule has 0 amide bonds. The molecule has 0 bridgehead atoms. The van der Waals surface area contributed by atoms with Crippen molar-refractivity contribution in [1.82, 2.24) is 5.32 Å². The quantitative estimate of drug-likeness (QED) is 0.704. The van der Waals surface area contributed by atoms with Gasteiger partial charge in [0.2, 0.25) is 0 Å². The molecule has 2 rings (SSSR count). The number of fused-ring (bicyclic) bond motifs is 1. The lowest BCUT2D eigenvalue weighted by Crippen LogP contribution is -2.36. The number of hydrogen-bond acceptors (Lipinski definition) is 3. The third-order valence-electron chi connectivity index (χ3n) is 2.76. The number of rotatable bonds is 1. The molecular formula is C11H15NO2. The lowest BCUT2D eigenvalue weighted by Gasteiger charge is -2.28. The van der Waals surface area contributed by atoms with Gasteiger partial charge in [0.05, 0.1) is 13.2 Å². The molecule has 0 aliphatic carbocycles. The maximum absolute atomic E-state index is 9.89. The first-order chi connectivity index (χ1) is 6.72. The van der Waals surface area contributed by atoms with Crippen LogP contribution in [0.25, 0.3) is 0 Å². The maximum Gasteiger partial charge on any atom is 0.119 e. The maximum atomic E-state index is 9.89. The van der Waals surface area contributed by atoms with Crippen molar-refractivity contribution < 1.29 is 9.84 Å². The number of aliphatic hydroxyl groups excluding tert-OH is 1. The Kier molecular flexibility index (Phi) is 2.44. The average Bonchev–Trinajstić information content (AvgIpc) is 2.23. The summed E-state index contributed by atoms with van der Waals surface area (Å²) in [6, 6.07) is 5.92. The minimum absolute atomic E-state index is 0.121. The Bertz CT molecular complexity index is 338. The standard InChI is InChI=1S/C11H15NO2/c1-7-11(13)10-4-3-9(14-2)5-8(10)6-12-7/h3-5,7,11-13H,6H2,1-2H3. The van der Waals surface area contributed by atoms with E-state index in [-0.39, 0.29) is 6.04 Å². The van der Waals surface area contributed by atoms with Gasteiger partial charge in [0.15, 0.2) is 0 Å². The lowest BCUT2D eigenvalue weighted by molar-refractivity contribution is 0.125. The van der Waals surface area contributed by atoms with Gasteiger partial charge in [-0.25, -0.2) is 0 Å². The third kappa shape index (κ3) is 1.49. The van der Waals surface area contributed by atoms with E-state index in [1.165, 1.54) is 0 Å². The van der Waals surface area contributed by atoms with Gasteiger partial charge in [0.1, 0.15) is 5.75 Å². The zero-order chi connectivity index (χ0) is 10.1. The van der Waals surface area contributed by atoms with Gasteiger partial charge in [-0.1, -0.05) is 6.07 Å². The Morgan fingerprint density at radius 2 is 2.29 bits per heavy atom. The first-order valence-corrected chi connectivity index (χ1v) is 4.80. The highest BCUT2D eigenvalue weighted by atomic mass is 16.5. The normalized spacial score (nSPS) is 25.6. The van der Waals surface area contributed by atoms with E-state index in [1.54, 1.807) is 7.11 Å². The smallest absolute Gasteiger partial charge is 0.119 e. The van der Waals surface area contributed by atoms with E-state index in [0.717, 1.165) is 23.4 Å². The van der Waals surface area contributed by atoms with Crippen LogP contribution in [0, 0.1) is 0 Å². The zero-order valence-electron chi connectivity index (χ0n) is 8.45. The Morgan fingerprint density at radius 3 is 3.00 bits per heavy atom. The number of ether oxygens (including phenoxy) is 1. The lowest BCUT2D eigenvalue weighted by atomic mass is 9.94. The summed E-state index contributed by atoms with van der Waals surface area (Å²) in [6.45, 7) is 2.78. The predicted molar refractivity (Wildman–Crippen MR) is 54.3 cm³/mol. The van der Waals surface area contributed by atoms with Crippen LogP contribution in [0.1, 0.15) is 24.2 Å². The van der Waals surface area contributed by atoms with Crippen LogP contribution in [0.15, 0.2) is 18.2 Å². The van der Waals surface area contributed by atoms with Crippen LogP contribution in [-0.2, 0) is 6.54 Å². The van der Waals surface area contributed by atoms with E-state index >= 15 is 0 Å². The number of benzene rings is 1. The van der Waals surface area contributed by atoms with Crippen LogP contribution in [0.4, 0.5) is 0 Å². The molecule has 2 N–H and O–H groups in total. The summed E-state index contributed by atoms with van der Waals surface area (Å²) in [5, 5.41) is 13.1. The number of nitrogens with one attached hydrogen (secondary N) is 1. The van der Waals surface area contributed by atoms with Crippen LogP contribution < -0.4 is 10.1 Å². The molecule has 1 aliphatic heterocycles. The van der Waals surface area contributed by atoms with Crippen molar-refractivity contribution >= 4 is 0 Å². The average molecular weight is 193 g/mol. The Labute approximate surface area is 83.7 Å². The highest BCUT2D eigenvalue weighted by molar-refractivity contribution is 5.38. The van der Waals surface area contributed by atoms with Crippen molar-refractivity contribution in [1.29, 1.82) is 0 Å². The summed E-state index contributed by atoms with van der Waals surface area (Å²) >= 11 is 0. The van der Waals surface area contributed by atoms with Crippen molar-refractivity contribution in [2.24, 2.45) is 0 Å². The summed E-state index contributed by atoms with van der Waals surface area (Å²) < 4.78 is 5.13. The molecule has 0 radical (unpaired) electrons. The van der Waals surface area contributed by atoms with Gasteiger partial charge in [-0.05, 0) is 30.2 Å². The van der Waals surface area contributed by atoms with E-state index in [4.69, 9.17) is 4.74 Å². The monoisotopic (exact) mass is 193 g/mol. The van der Waals surface area contributed by atoms with Crippen LogP contribution in [0.2, 0.25) is 0 Å². The SMILES string of the molecule is COc1ccc2c(c1)CNC(C)C2O. The van der Waals surface area contributed by atoms with E-state index in [1.807, 2.05) is 25.1 Å². The summed E-state index contributed by atoms with van der Waals surface area (Å²) in [5.74, 6) is 0.840. The van der Waals surface area contributed by atoms with Gasteiger partial charge in [-0.2, -0.15) is 0 Å². The number of aliphatic hydroxyl groups is 1. The molecule has 1 aromatic rings. The Balaban J connectivity index is 2.38. The molecule has 1 aliphatic rings. The minimum atomic E-state index is -0.412. The highest BCUT2D eigenvalue weighted by Crippen LogP contribution is 2.28. The van der Waals surface area contributed by atoms with Crippen molar-refractivity contribution in [2.45, 2.75) is 25.6 Å². The number of methoxy groups -OCH3 is 1. The molecule has 2 atom stereocenters. The van der Waals surface area contributed by atoms with Crippen LogP contribution >= 0.6 is 0 Å². The van der Waals surface area contributed by atoms with Gasteiger partial charge in [-0.15, -0.1) is 0 Å². The molecule has 0 saturated carbocycles. The van der Waals surface area contributed by atoms with E-state index < -0.39 is 6.10 Å². The molecule has 0 fully saturated rings. The van der Waals surface area contributed by atoms with E-state index in [2.05, 4.69) is 5.32 Å². The Hall–Kier alpha value is -1.06. The second kappa shape index (κ2) is 3.59. The van der Waals surface area contributed by atoms with E-state index in [9.17, 15) is 5.11 Å². The van der Waals surface area contributed by atoms with Crippen LogP contribution in [-0.4, -0.2) is 18.3 Å². The molecule has 3 heteroatoms. The fourth-order valence-electron chi connectivity index (χ4n) is 1.80. The summed E-state index contributed by atoms with van der Waals surface area (Å²) in [7, 11) is 1.65. The first-order valence-electron chi connectivity index (χ1n) is 4.80. The van der Waals surface area contributed by atoms with Gasteiger partial charge in [0, 0.05) is 12.6 Å². The van der Waals surface area contributed by atoms with Crippen LogP contribution in [0.5, 0.6) is 5.75 Å². The summed E-state index contributed by atoms with van der Waals surface area (Å²) in [6.07, 6.45) is -0.412. The molecule has 1 aromatic carbocycles. The molecule has 0 aromatic heterocycles. The van der Waals surface area contributed by atoms with Crippen molar-refractivity contribution in [2.75, 3.05) is 7.11 Å². The summed E-state index contributed by atoms with van der Waals surface area (Å²) in [5.41, 5.74) is 2.13. The molecule has 1 heterocycles. The second-order valence-electron chi connectivity index (χ2n) is 3.68. The number of hydrogen-bond donors (Lipinski definition) is 2. The molecule has 2 unspecified atom stereocenters. The predicted octanol–water partition coefficient (Wildman–Crippen LogP) is 1.22. The summed E-state index contributed by atoms with van der Waals surface area (Å²) in [4.78, 5) is 0. The molecule has 76 valence electrons. The van der Waals surface area contributed by atoms with Crippen LogP contribution in [0.3, 0.4) is 0 Å². The van der Waals surface area contributed by atoms with Crippen molar-refractivity contribution in [3.8, 4) is 5.75 Å². The minimum Gasteiger partial charge on any atom is -0.497 e. The van der Waals surface area contributed by atoms with E-state index in [0.29, 0.717) is 0 Å². The second-order valence-corrected chi connectivity index (χ2v) is 3.68. The topological polar surface area (TPSA) is 41.5 Å². The first kappa shape index (κ1) is 9.49. The highest BCUT2D eigenvalue weighted by Gasteiger charge is 2.23. The molecule has 3 nitrogen and oxygen atoms in total. The molecule has 14 heavy (non-hydrogen) atoms. The van der Waals surface area contributed by atoms with Crippen molar-refractivity contribution in [3.63, 3.8) is 0 Å². The van der Waals surface area contributed by atoms with Gasteiger partial charge in [-0.3, -0.25) is 0 Å². The Morgan fingerprint density at radius 1 is 1.50 bits per heavy atom.